The number of carboxylic acid groups (broad SMARTS) is 1. The minimum Gasteiger partial charge on any atom is -0.478 e. The summed E-state index contributed by atoms with van der Waals surface area (Å²) in [5, 5.41) is 9.29. The lowest BCUT2D eigenvalue weighted by Gasteiger charge is -2.27. The quantitative estimate of drug-likeness (QED) is 0.825. The van der Waals surface area contributed by atoms with E-state index >= 15 is 0 Å². The maximum Gasteiger partial charge on any atom is 0.348 e. The lowest BCUT2D eigenvalue weighted by Crippen LogP contribution is -2.44. The summed E-state index contributed by atoms with van der Waals surface area (Å²) < 4.78 is 5.58. The van der Waals surface area contributed by atoms with Gasteiger partial charge in [0.2, 0.25) is 5.60 Å². The number of amides is 1. The van der Waals surface area contributed by atoms with E-state index in [0.717, 1.165) is 12.8 Å². The standard InChI is InChI=1S/C13H15NO4/c1-13(12(16)17,8-6-7-8)18-10-5-3-2-4-9(10)11(14)15/h2-5,8H,6-7H2,1H3,(H2,14,15)(H,16,17). The summed E-state index contributed by atoms with van der Waals surface area (Å²) in [5.41, 5.74) is 4.13. The zero-order chi connectivity index (χ0) is 13.3. The Morgan fingerprint density at radius 3 is 2.50 bits per heavy atom. The van der Waals surface area contributed by atoms with E-state index in [9.17, 15) is 14.7 Å². The first-order valence-corrected chi connectivity index (χ1v) is 5.76. The minimum atomic E-state index is -1.30. The summed E-state index contributed by atoms with van der Waals surface area (Å²) in [6.45, 7) is 1.53. The molecule has 1 aromatic carbocycles. The molecule has 1 saturated carbocycles. The molecule has 0 bridgehead atoms. The number of nitrogens with two attached hydrogens (primary N) is 1. The molecule has 5 heteroatoms. The number of carbonyl (C=O) groups is 2. The number of para-hydroxylation sites is 1. The van der Waals surface area contributed by atoms with Crippen LogP contribution in [-0.4, -0.2) is 22.6 Å². The largest absolute Gasteiger partial charge is 0.478 e. The molecule has 1 amide bonds. The van der Waals surface area contributed by atoms with Gasteiger partial charge in [-0.3, -0.25) is 4.79 Å². The number of rotatable bonds is 5. The fourth-order valence-corrected chi connectivity index (χ4v) is 1.92. The number of carboxylic acids is 1. The Morgan fingerprint density at radius 2 is 2.00 bits per heavy atom. The lowest BCUT2D eigenvalue weighted by atomic mass is 10.00. The van der Waals surface area contributed by atoms with Crippen LogP contribution in [0.1, 0.15) is 30.1 Å². The molecule has 1 aromatic rings. The molecule has 0 aromatic heterocycles. The van der Waals surface area contributed by atoms with Crippen LogP contribution in [0.4, 0.5) is 0 Å². The van der Waals surface area contributed by atoms with E-state index in [-0.39, 0.29) is 17.2 Å². The van der Waals surface area contributed by atoms with Gasteiger partial charge >= 0.3 is 5.97 Å². The molecule has 0 heterocycles. The van der Waals surface area contributed by atoms with Crippen LogP contribution in [-0.2, 0) is 4.79 Å². The van der Waals surface area contributed by atoms with E-state index in [1.54, 1.807) is 18.2 Å². The number of hydrogen-bond acceptors (Lipinski definition) is 3. The first-order valence-electron chi connectivity index (χ1n) is 5.76. The van der Waals surface area contributed by atoms with Gasteiger partial charge in [0.05, 0.1) is 5.56 Å². The number of benzene rings is 1. The smallest absolute Gasteiger partial charge is 0.348 e. The van der Waals surface area contributed by atoms with Gasteiger partial charge in [-0.25, -0.2) is 4.79 Å². The predicted molar refractivity (Wildman–Crippen MR) is 64.4 cm³/mol. The summed E-state index contributed by atoms with van der Waals surface area (Å²) in [5.74, 6) is -1.45. The molecule has 96 valence electrons. The molecule has 0 spiro atoms. The van der Waals surface area contributed by atoms with Crippen LogP contribution in [0.25, 0.3) is 0 Å². The van der Waals surface area contributed by atoms with Crippen LogP contribution in [0.15, 0.2) is 24.3 Å². The number of hydrogen-bond donors (Lipinski definition) is 2. The second-order valence-corrected chi connectivity index (χ2v) is 4.65. The highest BCUT2D eigenvalue weighted by atomic mass is 16.5. The second-order valence-electron chi connectivity index (χ2n) is 4.65. The number of primary amides is 1. The first kappa shape index (κ1) is 12.4. The van der Waals surface area contributed by atoms with Crippen molar-refractivity contribution in [1.29, 1.82) is 0 Å². The van der Waals surface area contributed by atoms with E-state index in [0.29, 0.717) is 0 Å². The predicted octanol–water partition coefficient (Wildman–Crippen LogP) is 1.42. The third-order valence-electron chi connectivity index (χ3n) is 3.26. The average Bonchev–Trinajstić information content (AvgIpc) is 3.13. The highest BCUT2D eigenvalue weighted by Gasteiger charge is 2.50. The Labute approximate surface area is 105 Å². The first-order chi connectivity index (χ1) is 8.45. The zero-order valence-electron chi connectivity index (χ0n) is 10.1. The van der Waals surface area contributed by atoms with Crippen molar-refractivity contribution in [3.63, 3.8) is 0 Å². The fourth-order valence-electron chi connectivity index (χ4n) is 1.92. The SMILES string of the molecule is CC(Oc1ccccc1C(N)=O)(C(=O)O)C1CC1. The number of carbonyl (C=O) groups excluding carboxylic acids is 1. The van der Waals surface area contributed by atoms with Crippen LogP contribution in [0.5, 0.6) is 5.75 Å². The van der Waals surface area contributed by atoms with Crippen LogP contribution in [0.2, 0.25) is 0 Å². The van der Waals surface area contributed by atoms with Gasteiger partial charge in [0.15, 0.2) is 0 Å². The van der Waals surface area contributed by atoms with E-state index in [4.69, 9.17) is 10.5 Å². The molecule has 2 rings (SSSR count). The van der Waals surface area contributed by atoms with Gasteiger partial charge in [-0.05, 0) is 31.9 Å². The molecule has 1 unspecified atom stereocenters. The van der Waals surface area contributed by atoms with E-state index in [1.807, 2.05) is 0 Å². The van der Waals surface area contributed by atoms with Gasteiger partial charge in [-0.1, -0.05) is 12.1 Å². The van der Waals surface area contributed by atoms with E-state index < -0.39 is 17.5 Å². The highest BCUT2D eigenvalue weighted by molar-refractivity contribution is 5.95. The van der Waals surface area contributed by atoms with Crippen molar-refractivity contribution in [3.8, 4) is 5.75 Å². The maximum absolute atomic E-state index is 11.3. The van der Waals surface area contributed by atoms with Gasteiger partial charge < -0.3 is 15.6 Å². The third-order valence-corrected chi connectivity index (χ3v) is 3.26. The molecule has 18 heavy (non-hydrogen) atoms. The molecule has 0 saturated heterocycles. The van der Waals surface area contributed by atoms with Gasteiger partial charge in [0.25, 0.3) is 5.91 Å². The molecular formula is C13H15NO4. The molecule has 1 aliphatic rings. The van der Waals surface area contributed by atoms with Gasteiger partial charge in [-0.2, -0.15) is 0 Å². The third kappa shape index (κ3) is 2.16. The van der Waals surface area contributed by atoms with Crippen LogP contribution in [0.3, 0.4) is 0 Å². The van der Waals surface area contributed by atoms with Crippen molar-refractivity contribution in [2.24, 2.45) is 11.7 Å². The molecule has 1 fully saturated rings. The van der Waals surface area contributed by atoms with Crippen molar-refractivity contribution in [3.05, 3.63) is 29.8 Å². The Hall–Kier alpha value is -2.04. The normalized spacial score (nSPS) is 17.8. The molecule has 0 radical (unpaired) electrons. The maximum atomic E-state index is 11.3. The van der Waals surface area contributed by atoms with Crippen molar-refractivity contribution >= 4 is 11.9 Å². The van der Waals surface area contributed by atoms with Crippen LogP contribution in [0, 0.1) is 5.92 Å². The van der Waals surface area contributed by atoms with Crippen molar-refractivity contribution in [2.45, 2.75) is 25.4 Å². The molecule has 5 nitrogen and oxygen atoms in total. The molecule has 0 aliphatic heterocycles. The molecule has 1 atom stereocenters. The van der Waals surface area contributed by atoms with Crippen molar-refractivity contribution < 1.29 is 19.4 Å². The summed E-state index contributed by atoms with van der Waals surface area (Å²) in [7, 11) is 0. The molecular weight excluding hydrogens is 234 g/mol. The van der Waals surface area contributed by atoms with Crippen LogP contribution < -0.4 is 10.5 Å². The van der Waals surface area contributed by atoms with E-state index in [2.05, 4.69) is 0 Å². The Bertz CT molecular complexity index is 496. The minimum absolute atomic E-state index is 0.0177. The summed E-state index contributed by atoms with van der Waals surface area (Å²) >= 11 is 0. The van der Waals surface area contributed by atoms with Crippen molar-refractivity contribution in [1.82, 2.24) is 0 Å². The van der Waals surface area contributed by atoms with Crippen LogP contribution >= 0.6 is 0 Å². The lowest BCUT2D eigenvalue weighted by molar-refractivity contribution is -0.155. The monoisotopic (exact) mass is 249 g/mol. The molecule has 1 aliphatic carbocycles. The average molecular weight is 249 g/mol. The number of ether oxygens (including phenoxy) is 1. The second kappa shape index (κ2) is 4.33. The summed E-state index contributed by atoms with van der Waals surface area (Å²) in [4.78, 5) is 22.6. The summed E-state index contributed by atoms with van der Waals surface area (Å²) in [6, 6.07) is 6.41. The highest BCUT2D eigenvalue weighted by Crippen LogP contribution is 2.42. The summed E-state index contributed by atoms with van der Waals surface area (Å²) in [6.07, 6.45) is 1.64. The Morgan fingerprint density at radius 1 is 1.39 bits per heavy atom. The molecule has 3 N–H and O–H groups in total. The van der Waals surface area contributed by atoms with Crippen molar-refractivity contribution in [2.75, 3.05) is 0 Å². The van der Waals surface area contributed by atoms with E-state index in [1.165, 1.54) is 13.0 Å². The Kier molecular flexibility index (Phi) is 2.98. The fraction of sp³-hybridized carbons (Fsp3) is 0.385. The van der Waals surface area contributed by atoms with Gasteiger partial charge in [0.1, 0.15) is 5.75 Å². The topological polar surface area (TPSA) is 89.6 Å². The van der Waals surface area contributed by atoms with Gasteiger partial charge in [0, 0.05) is 5.92 Å². The zero-order valence-corrected chi connectivity index (χ0v) is 10.1. The number of aliphatic carboxylic acids is 1. The Balaban J connectivity index is 2.32. The van der Waals surface area contributed by atoms with Gasteiger partial charge in [-0.15, -0.1) is 0 Å².